The summed E-state index contributed by atoms with van der Waals surface area (Å²) in [5, 5.41) is 3.32. The van der Waals surface area contributed by atoms with E-state index in [-0.39, 0.29) is 0 Å². The fourth-order valence-electron chi connectivity index (χ4n) is 2.28. The van der Waals surface area contributed by atoms with Gasteiger partial charge in [-0.1, -0.05) is 36.4 Å². The first kappa shape index (κ1) is 15.8. The van der Waals surface area contributed by atoms with Crippen molar-refractivity contribution in [1.29, 1.82) is 0 Å². The van der Waals surface area contributed by atoms with Crippen molar-refractivity contribution in [2.45, 2.75) is 20.1 Å². The normalized spacial score (nSPS) is 10.4. The number of rotatable bonds is 6. The highest BCUT2D eigenvalue weighted by molar-refractivity contribution is 5.50. The van der Waals surface area contributed by atoms with Crippen molar-refractivity contribution in [3.63, 3.8) is 0 Å². The summed E-state index contributed by atoms with van der Waals surface area (Å²) in [4.78, 5) is 8.35. The van der Waals surface area contributed by atoms with E-state index >= 15 is 0 Å². The molecule has 5 heteroatoms. The van der Waals surface area contributed by atoms with E-state index in [0.717, 1.165) is 22.6 Å². The van der Waals surface area contributed by atoms with Crippen molar-refractivity contribution >= 4 is 11.5 Å². The fraction of sp³-hybridized carbons (Fsp3) is 0.158. The van der Waals surface area contributed by atoms with Gasteiger partial charge in [-0.3, -0.25) is 0 Å². The number of nitrogens with two attached hydrogens (primary N) is 1. The minimum Gasteiger partial charge on any atom is -0.489 e. The van der Waals surface area contributed by atoms with Crippen LogP contribution in [0.15, 0.2) is 60.8 Å². The predicted molar refractivity (Wildman–Crippen MR) is 95.7 cm³/mol. The van der Waals surface area contributed by atoms with Crippen molar-refractivity contribution in [2.24, 2.45) is 0 Å². The molecule has 24 heavy (non-hydrogen) atoms. The number of aromatic nitrogens is 2. The van der Waals surface area contributed by atoms with Crippen molar-refractivity contribution in [3.05, 3.63) is 77.7 Å². The maximum Gasteiger partial charge on any atom is 0.132 e. The molecule has 5 nitrogen and oxygen atoms in total. The van der Waals surface area contributed by atoms with Crippen LogP contribution in [0.3, 0.4) is 0 Å². The summed E-state index contributed by atoms with van der Waals surface area (Å²) in [6.07, 6.45) is 1.75. The number of anilines is 2. The van der Waals surface area contributed by atoms with Crippen LogP contribution in [0.1, 0.15) is 17.0 Å². The topological polar surface area (TPSA) is 73.1 Å². The van der Waals surface area contributed by atoms with Crippen molar-refractivity contribution in [3.8, 4) is 5.75 Å². The Kier molecular flexibility index (Phi) is 4.91. The molecule has 1 heterocycles. The molecule has 0 spiro atoms. The van der Waals surface area contributed by atoms with Gasteiger partial charge in [0.2, 0.25) is 0 Å². The second kappa shape index (κ2) is 7.46. The quantitative estimate of drug-likeness (QED) is 0.726. The van der Waals surface area contributed by atoms with Gasteiger partial charge in [0.25, 0.3) is 0 Å². The van der Waals surface area contributed by atoms with Crippen LogP contribution in [0.4, 0.5) is 11.5 Å². The Bertz CT molecular complexity index is 805. The molecule has 0 fully saturated rings. The van der Waals surface area contributed by atoms with E-state index in [4.69, 9.17) is 10.5 Å². The van der Waals surface area contributed by atoms with E-state index in [1.807, 2.05) is 61.5 Å². The van der Waals surface area contributed by atoms with Crippen LogP contribution in [0.25, 0.3) is 0 Å². The molecule has 122 valence electrons. The third-order valence-electron chi connectivity index (χ3n) is 3.58. The van der Waals surface area contributed by atoms with Crippen LogP contribution >= 0.6 is 0 Å². The minimum atomic E-state index is 0.506. The standard InChI is InChI=1S/C19H20N4O/c1-14-21-11-16(19(20)23-14)12-22-17-8-5-9-18(10-17)24-13-15-6-3-2-4-7-15/h2-11,22H,12-13H2,1H3,(H2,20,21,23). The van der Waals surface area contributed by atoms with E-state index in [9.17, 15) is 0 Å². The Morgan fingerprint density at radius 3 is 2.71 bits per heavy atom. The van der Waals surface area contributed by atoms with Gasteiger partial charge in [0.1, 0.15) is 24.0 Å². The molecule has 0 unspecified atom stereocenters. The smallest absolute Gasteiger partial charge is 0.132 e. The molecule has 3 N–H and O–H groups in total. The van der Waals surface area contributed by atoms with Gasteiger partial charge in [-0.25, -0.2) is 9.97 Å². The molecule has 3 rings (SSSR count). The van der Waals surface area contributed by atoms with Gasteiger partial charge in [-0.15, -0.1) is 0 Å². The SMILES string of the molecule is Cc1ncc(CNc2cccc(OCc3ccccc3)c2)c(N)n1. The first-order valence-corrected chi connectivity index (χ1v) is 7.79. The zero-order valence-corrected chi connectivity index (χ0v) is 13.6. The Balaban J connectivity index is 1.60. The molecule has 0 atom stereocenters. The summed E-state index contributed by atoms with van der Waals surface area (Å²) in [6.45, 7) is 2.93. The number of ether oxygens (including phenoxy) is 1. The number of hydrogen-bond donors (Lipinski definition) is 2. The fourth-order valence-corrected chi connectivity index (χ4v) is 2.28. The number of nitrogens with one attached hydrogen (secondary N) is 1. The van der Waals surface area contributed by atoms with Gasteiger partial charge in [-0.05, 0) is 24.6 Å². The summed E-state index contributed by atoms with van der Waals surface area (Å²) in [5.74, 6) is 2.00. The summed E-state index contributed by atoms with van der Waals surface area (Å²) in [7, 11) is 0. The third kappa shape index (κ3) is 4.23. The first-order chi connectivity index (χ1) is 11.7. The predicted octanol–water partition coefficient (Wildman–Crippen LogP) is 3.56. The van der Waals surface area contributed by atoms with Gasteiger partial charge in [0.15, 0.2) is 0 Å². The van der Waals surface area contributed by atoms with E-state index in [0.29, 0.717) is 24.8 Å². The lowest BCUT2D eigenvalue weighted by Crippen LogP contribution is -2.06. The van der Waals surface area contributed by atoms with E-state index in [1.165, 1.54) is 0 Å². The Morgan fingerprint density at radius 2 is 1.92 bits per heavy atom. The largest absolute Gasteiger partial charge is 0.489 e. The van der Waals surface area contributed by atoms with E-state index < -0.39 is 0 Å². The molecule has 1 aromatic heterocycles. The number of nitrogen functional groups attached to an aromatic ring is 1. The molecule has 0 aliphatic rings. The average Bonchev–Trinajstić information content (AvgIpc) is 2.60. The highest BCUT2D eigenvalue weighted by atomic mass is 16.5. The second-order valence-corrected chi connectivity index (χ2v) is 5.48. The molecule has 0 aliphatic heterocycles. The van der Waals surface area contributed by atoms with Gasteiger partial charge >= 0.3 is 0 Å². The number of hydrogen-bond acceptors (Lipinski definition) is 5. The zero-order valence-electron chi connectivity index (χ0n) is 13.6. The van der Waals surface area contributed by atoms with Crippen LogP contribution in [-0.2, 0) is 13.2 Å². The summed E-state index contributed by atoms with van der Waals surface area (Å²) >= 11 is 0. The number of benzene rings is 2. The lowest BCUT2D eigenvalue weighted by Gasteiger charge is -2.11. The van der Waals surface area contributed by atoms with Crippen molar-refractivity contribution < 1.29 is 4.74 Å². The highest BCUT2D eigenvalue weighted by Crippen LogP contribution is 2.20. The maximum absolute atomic E-state index is 5.91. The minimum absolute atomic E-state index is 0.506. The third-order valence-corrected chi connectivity index (χ3v) is 3.58. The molecule has 0 amide bonds. The zero-order chi connectivity index (χ0) is 16.8. The van der Waals surface area contributed by atoms with Crippen LogP contribution in [0.5, 0.6) is 5.75 Å². The molecule has 3 aromatic rings. The summed E-state index contributed by atoms with van der Waals surface area (Å²) in [6, 6.07) is 17.9. The lowest BCUT2D eigenvalue weighted by atomic mass is 10.2. The Hall–Kier alpha value is -3.08. The average molecular weight is 320 g/mol. The lowest BCUT2D eigenvalue weighted by molar-refractivity contribution is 0.306. The van der Waals surface area contributed by atoms with Crippen molar-refractivity contribution in [2.75, 3.05) is 11.1 Å². The maximum atomic E-state index is 5.91. The van der Waals surface area contributed by atoms with Crippen LogP contribution in [0.2, 0.25) is 0 Å². The van der Waals surface area contributed by atoms with Gasteiger partial charge < -0.3 is 15.8 Å². The van der Waals surface area contributed by atoms with E-state index in [2.05, 4.69) is 15.3 Å². The first-order valence-electron chi connectivity index (χ1n) is 7.79. The van der Waals surface area contributed by atoms with Gasteiger partial charge in [0.05, 0.1) is 0 Å². The van der Waals surface area contributed by atoms with Crippen LogP contribution in [-0.4, -0.2) is 9.97 Å². The molecule has 0 saturated carbocycles. The molecule has 0 aliphatic carbocycles. The Labute approximate surface area is 141 Å². The van der Waals surface area contributed by atoms with Gasteiger partial charge in [-0.2, -0.15) is 0 Å². The number of nitrogens with zero attached hydrogens (tertiary/aromatic N) is 2. The Morgan fingerprint density at radius 1 is 1.08 bits per heavy atom. The highest BCUT2D eigenvalue weighted by Gasteiger charge is 2.03. The molecule has 0 saturated heterocycles. The summed E-state index contributed by atoms with van der Waals surface area (Å²) in [5.41, 5.74) is 8.88. The van der Waals surface area contributed by atoms with E-state index in [1.54, 1.807) is 6.20 Å². The van der Waals surface area contributed by atoms with Gasteiger partial charge in [0, 0.05) is 30.1 Å². The van der Waals surface area contributed by atoms with Crippen molar-refractivity contribution in [1.82, 2.24) is 9.97 Å². The molecule has 2 aromatic carbocycles. The monoisotopic (exact) mass is 320 g/mol. The molecular formula is C19H20N4O. The summed E-state index contributed by atoms with van der Waals surface area (Å²) < 4.78 is 5.83. The molecule has 0 bridgehead atoms. The second-order valence-electron chi connectivity index (χ2n) is 5.48. The molecular weight excluding hydrogens is 300 g/mol. The number of aryl methyl sites for hydroxylation is 1. The molecule has 0 radical (unpaired) electrons. The van der Waals surface area contributed by atoms with Crippen LogP contribution in [0, 0.1) is 6.92 Å². The van der Waals surface area contributed by atoms with Crippen LogP contribution < -0.4 is 15.8 Å².